The summed E-state index contributed by atoms with van der Waals surface area (Å²) in [6.07, 6.45) is -1.57. The van der Waals surface area contributed by atoms with E-state index in [0.29, 0.717) is 11.5 Å². The molecule has 3 aromatic carbocycles. The third-order valence-corrected chi connectivity index (χ3v) is 6.45. The van der Waals surface area contributed by atoms with Crippen LogP contribution in [0.5, 0.6) is 11.5 Å². The van der Waals surface area contributed by atoms with Gasteiger partial charge in [-0.25, -0.2) is 9.67 Å². The van der Waals surface area contributed by atoms with Crippen LogP contribution in [0.2, 0.25) is 0 Å². The van der Waals surface area contributed by atoms with E-state index in [1.54, 1.807) is 25.1 Å². The molecule has 0 atom stereocenters. The van der Waals surface area contributed by atoms with E-state index in [9.17, 15) is 13.2 Å². The molecule has 1 aliphatic rings. The number of nitrogens with zero attached hydrogens (tertiary/aromatic N) is 6. The zero-order valence-electron chi connectivity index (χ0n) is 20.0. The first-order chi connectivity index (χ1) is 18.4. The largest absolute Gasteiger partial charge is 0.573 e. The molecule has 1 aliphatic heterocycles. The van der Waals surface area contributed by atoms with Gasteiger partial charge >= 0.3 is 6.36 Å². The van der Waals surface area contributed by atoms with Crippen LogP contribution in [0, 0.1) is 0 Å². The third kappa shape index (κ3) is 5.97. The van der Waals surface area contributed by atoms with Crippen LogP contribution in [0.4, 0.5) is 18.9 Å². The van der Waals surface area contributed by atoms with Crippen LogP contribution in [-0.4, -0.2) is 51.9 Å². The number of hydrogen-bond donors (Lipinski definition) is 0. The van der Waals surface area contributed by atoms with Crippen molar-refractivity contribution in [3.63, 3.8) is 0 Å². The first-order valence-corrected chi connectivity index (χ1v) is 12.4. The molecule has 0 bridgehead atoms. The van der Waals surface area contributed by atoms with Crippen molar-refractivity contribution in [3.8, 4) is 28.6 Å². The summed E-state index contributed by atoms with van der Waals surface area (Å²) >= 11 is 1.63. The minimum atomic E-state index is -4.74. The monoisotopic (exact) mass is 538 g/mol. The van der Waals surface area contributed by atoms with Gasteiger partial charge in [0.05, 0.1) is 24.7 Å². The fourth-order valence-electron chi connectivity index (χ4n) is 3.74. The topological polar surface area (TPSA) is 77.1 Å². The molecule has 8 nitrogen and oxygen atoms in total. The average molecular weight is 539 g/mol. The van der Waals surface area contributed by atoms with Crippen molar-refractivity contribution in [2.45, 2.75) is 6.36 Å². The molecule has 194 valence electrons. The van der Waals surface area contributed by atoms with Crippen molar-refractivity contribution in [1.29, 1.82) is 0 Å². The number of hydrogen-bond acceptors (Lipinski definition) is 7. The average Bonchev–Trinajstić information content (AvgIpc) is 3.59. The van der Waals surface area contributed by atoms with Crippen LogP contribution < -0.4 is 14.4 Å². The lowest BCUT2D eigenvalue weighted by Crippen LogP contribution is -2.23. The number of amidine groups is 1. The van der Waals surface area contributed by atoms with E-state index >= 15 is 0 Å². The molecule has 1 saturated heterocycles. The molecule has 4 aromatic rings. The first-order valence-electron chi connectivity index (χ1n) is 11.4. The van der Waals surface area contributed by atoms with Gasteiger partial charge in [0.25, 0.3) is 0 Å². The van der Waals surface area contributed by atoms with Crippen molar-refractivity contribution < 1.29 is 22.6 Å². The molecule has 0 N–H and O–H groups in total. The van der Waals surface area contributed by atoms with E-state index < -0.39 is 6.36 Å². The Bertz CT molecular complexity index is 1450. The Morgan fingerprint density at radius 2 is 1.76 bits per heavy atom. The minimum absolute atomic E-state index is 0.303. The molecule has 1 fully saturated rings. The Labute approximate surface area is 220 Å². The predicted octanol–water partition coefficient (Wildman–Crippen LogP) is 5.78. The Balaban J connectivity index is 1.25. The van der Waals surface area contributed by atoms with Gasteiger partial charge in [-0.1, -0.05) is 48.2 Å². The summed E-state index contributed by atoms with van der Waals surface area (Å²) in [6, 6.07) is 20.7. The number of benzene rings is 3. The van der Waals surface area contributed by atoms with Crippen molar-refractivity contribution in [2.24, 2.45) is 10.2 Å². The molecular formula is C26H21F3N6O2S. The molecule has 0 aliphatic carbocycles. The number of aromatic nitrogens is 3. The molecule has 0 spiro atoms. The van der Waals surface area contributed by atoms with E-state index in [0.717, 1.165) is 40.0 Å². The predicted molar refractivity (Wildman–Crippen MR) is 141 cm³/mol. The second-order valence-corrected chi connectivity index (χ2v) is 9.04. The van der Waals surface area contributed by atoms with Gasteiger partial charge < -0.3 is 14.4 Å². The lowest BCUT2D eigenvalue weighted by Gasteiger charge is -2.19. The van der Waals surface area contributed by atoms with Gasteiger partial charge in [-0.15, -0.1) is 23.4 Å². The standard InChI is InChI=1S/C26H21F3N6O2S/c1-36-23-5-3-2-4-22(23)34-14-15-38-25(34)32-31-16-18-6-8-19(9-7-18)24-30-17-35(33-24)20-10-12-21(13-11-20)37-26(27,28)29/h2-13,16-17H,14-15H2,1H3. The molecule has 0 amide bonds. The third-order valence-electron chi connectivity index (χ3n) is 5.50. The maximum atomic E-state index is 12.4. The van der Waals surface area contributed by atoms with E-state index in [-0.39, 0.29) is 5.75 Å². The fraction of sp³-hybridized carbons (Fsp3) is 0.154. The van der Waals surface area contributed by atoms with Gasteiger partial charge in [0.1, 0.15) is 17.8 Å². The van der Waals surface area contributed by atoms with Crippen LogP contribution >= 0.6 is 11.8 Å². The van der Waals surface area contributed by atoms with Gasteiger partial charge in [-0.3, -0.25) is 0 Å². The molecule has 0 unspecified atom stereocenters. The second kappa shape index (κ2) is 11.0. The van der Waals surface area contributed by atoms with Gasteiger partial charge in [-0.05, 0) is 42.0 Å². The molecular weight excluding hydrogens is 517 g/mol. The number of ether oxygens (including phenoxy) is 2. The molecule has 0 saturated carbocycles. The smallest absolute Gasteiger partial charge is 0.495 e. The summed E-state index contributed by atoms with van der Waals surface area (Å²) in [4.78, 5) is 6.39. The summed E-state index contributed by atoms with van der Waals surface area (Å²) in [5.74, 6) is 1.86. The summed E-state index contributed by atoms with van der Waals surface area (Å²) in [5, 5.41) is 13.9. The zero-order valence-corrected chi connectivity index (χ0v) is 20.9. The summed E-state index contributed by atoms with van der Waals surface area (Å²) < 4.78 is 47.9. The van der Waals surface area contributed by atoms with Crippen molar-refractivity contribution in [2.75, 3.05) is 24.3 Å². The highest BCUT2D eigenvalue weighted by atomic mass is 32.2. The lowest BCUT2D eigenvalue weighted by atomic mass is 10.1. The summed E-state index contributed by atoms with van der Waals surface area (Å²) in [7, 11) is 1.65. The van der Waals surface area contributed by atoms with Crippen molar-refractivity contribution in [3.05, 3.63) is 84.7 Å². The summed E-state index contributed by atoms with van der Waals surface area (Å²) in [5.41, 5.74) is 3.13. The normalized spacial score (nSPS) is 14.9. The minimum Gasteiger partial charge on any atom is -0.495 e. The van der Waals surface area contributed by atoms with Crippen LogP contribution in [0.3, 0.4) is 0 Å². The highest BCUT2D eigenvalue weighted by Gasteiger charge is 2.31. The quantitative estimate of drug-likeness (QED) is 0.219. The second-order valence-electron chi connectivity index (χ2n) is 7.98. The van der Waals surface area contributed by atoms with Crippen molar-refractivity contribution in [1.82, 2.24) is 14.8 Å². The van der Waals surface area contributed by atoms with E-state index in [1.165, 1.54) is 35.3 Å². The lowest BCUT2D eigenvalue weighted by molar-refractivity contribution is -0.274. The number of halogens is 3. The number of para-hydroxylation sites is 2. The Morgan fingerprint density at radius 1 is 1.00 bits per heavy atom. The SMILES string of the molecule is COc1ccccc1N1CCSC1=NN=Cc1ccc(-c2ncn(-c3ccc(OC(F)(F)F)cc3)n2)cc1. The van der Waals surface area contributed by atoms with Crippen LogP contribution in [0.25, 0.3) is 17.1 Å². The summed E-state index contributed by atoms with van der Waals surface area (Å²) in [6.45, 7) is 0.819. The fourth-order valence-corrected chi connectivity index (χ4v) is 4.65. The number of alkyl halides is 3. The highest BCUT2D eigenvalue weighted by molar-refractivity contribution is 8.14. The Morgan fingerprint density at radius 3 is 2.50 bits per heavy atom. The van der Waals surface area contributed by atoms with Gasteiger partial charge in [0, 0.05) is 17.9 Å². The Hall–Kier alpha value is -4.32. The van der Waals surface area contributed by atoms with E-state index in [4.69, 9.17) is 4.74 Å². The molecule has 1 aromatic heterocycles. The zero-order chi connectivity index (χ0) is 26.5. The van der Waals surface area contributed by atoms with Crippen LogP contribution in [-0.2, 0) is 0 Å². The van der Waals surface area contributed by atoms with Gasteiger partial charge in [0.15, 0.2) is 11.0 Å². The maximum Gasteiger partial charge on any atom is 0.573 e. The molecule has 12 heteroatoms. The van der Waals surface area contributed by atoms with Crippen molar-refractivity contribution >= 4 is 28.8 Å². The maximum absolute atomic E-state index is 12.4. The highest BCUT2D eigenvalue weighted by Crippen LogP contribution is 2.33. The van der Waals surface area contributed by atoms with E-state index in [1.807, 2.05) is 48.5 Å². The molecule has 2 heterocycles. The van der Waals surface area contributed by atoms with Crippen LogP contribution in [0.15, 0.2) is 89.3 Å². The molecule has 0 radical (unpaired) electrons. The van der Waals surface area contributed by atoms with Gasteiger partial charge in [-0.2, -0.15) is 5.10 Å². The number of thioether (sulfide) groups is 1. The number of anilines is 1. The Kier molecular flexibility index (Phi) is 7.31. The molecule has 38 heavy (non-hydrogen) atoms. The van der Waals surface area contributed by atoms with E-state index in [2.05, 4.69) is 29.9 Å². The van der Waals surface area contributed by atoms with Crippen LogP contribution in [0.1, 0.15) is 5.56 Å². The number of methoxy groups -OCH3 is 1. The number of rotatable bonds is 7. The van der Waals surface area contributed by atoms with Gasteiger partial charge in [0.2, 0.25) is 0 Å². The molecule has 5 rings (SSSR count). The first kappa shape index (κ1) is 25.3.